The molecule has 0 unspecified atom stereocenters. The lowest BCUT2D eigenvalue weighted by atomic mass is 9.97. The molecule has 1 aromatic carbocycles. The van der Waals surface area contributed by atoms with Gasteiger partial charge in [0, 0.05) is 37.6 Å². The van der Waals surface area contributed by atoms with Crippen LogP contribution in [-0.2, 0) is 23.4 Å². The van der Waals surface area contributed by atoms with Crippen LogP contribution in [0.3, 0.4) is 0 Å². The van der Waals surface area contributed by atoms with Crippen LogP contribution in [0.25, 0.3) is 0 Å². The molecule has 2 aromatic rings. The van der Waals surface area contributed by atoms with Gasteiger partial charge in [0.05, 0.1) is 29.4 Å². The minimum Gasteiger partial charge on any atom is -0.381 e. The molecule has 0 spiro atoms. The summed E-state index contributed by atoms with van der Waals surface area (Å²) in [6.45, 7) is 6.36. The van der Waals surface area contributed by atoms with Crippen molar-refractivity contribution in [2.45, 2.75) is 51.4 Å². The first-order chi connectivity index (χ1) is 14.5. The minimum atomic E-state index is -0.499. The molecule has 2 amide bonds. The van der Waals surface area contributed by atoms with Gasteiger partial charge in [0.2, 0.25) is 5.95 Å². The third-order valence-corrected chi connectivity index (χ3v) is 5.84. The summed E-state index contributed by atoms with van der Waals surface area (Å²) in [5.74, 6) is 0.608. The van der Waals surface area contributed by atoms with Gasteiger partial charge in [-0.2, -0.15) is 5.26 Å². The van der Waals surface area contributed by atoms with Crippen LogP contribution in [0.15, 0.2) is 30.5 Å². The van der Waals surface area contributed by atoms with Crippen LogP contribution in [0.5, 0.6) is 0 Å². The number of anilines is 1. The molecule has 0 radical (unpaired) electrons. The molecule has 156 valence electrons. The average Bonchev–Trinajstić information content (AvgIpc) is 3.03. The Labute approximate surface area is 176 Å². The van der Waals surface area contributed by atoms with Crippen LogP contribution in [0.4, 0.5) is 10.7 Å². The monoisotopic (exact) mass is 406 g/mol. The molecular weight excluding hydrogens is 380 g/mol. The predicted molar refractivity (Wildman–Crippen MR) is 111 cm³/mol. The van der Waals surface area contributed by atoms with Crippen LogP contribution in [-0.4, -0.2) is 40.2 Å². The smallest absolute Gasteiger partial charge is 0.318 e. The van der Waals surface area contributed by atoms with E-state index < -0.39 is 5.54 Å². The highest BCUT2D eigenvalue weighted by Crippen LogP contribution is 2.37. The van der Waals surface area contributed by atoms with Crippen molar-refractivity contribution in [1.82, 2.24) is 20.2 Å². The van der Waals surface area contributed by atoms with Gasteiger partial charge >= 0.3 is 6.03 Å². The zero-order valence-corrected chi connectivity index (χ0v) is 17.3. The second-order valence-corrected chi connectivity index (χ2v) is 8.20. The Kier molecular flexibility index (Phi) is 5.55. The summed E-state index contributed by atoms with van der Waals surface area (Å²) >= 11 is 0. The van der Waals surface area contributed by atoms with E-state index in [1.807, 2.05) is 32.2 Å². The quantitative estimate of drug-likeness (QED) is 0.809. The number of hydrogen-bond acceptors (Lipinski definition) is 6. The molecule has 2 N–H and O–H groups in total. The van der Waals surface area contributed by atoms with Crippen LogP contribution < -0.4 is 10.6 Å². The Hall–Kier alpha value is -3.18. The lowest BCUT2D eigenvalue weighted by Gasteiger charge is -2.32. The third kappa shape index (κ3) is 4.07. The summed E-state index contributed by atoms with van der Waals surface area (Å²) in [6.07, 6.45) is 3.71. The van der Waals surface area contributed by atoms with Crippen LogP contribution >= 0.6 is 0 Å². The molecule has 2 aliphatic rings. The van der Waals surface area contributed by atoms with Gasteiger partial charge in [0.1, 0.15) is 0 Å². The Morgan fingerprint density at radius 2 is 2.03 bits per heavy atom. The predicted octanol–water partition coefficient (Wildman–Crippen LogP) is 2.90. The number of nitrogens with zero attached hydrogens (tertiary/aromatic N) is 4. The Bertz CT molecular complexity index is 961. The van der Waals surface area contributed by atoms with Crippen molar-refractivity contribution in [1.29, 1.82) is 5.26 Å². The van der Waals surface area contributed by atoms with E-state index in [1.165, 1.54) is 0 Å². The third-order valence-electron chi connectivity index (χ3n) is 5.84. The highest BCUT2D eigenvalue weighted by Gasteiger charge is 2.41. The van der Waals surface area contributed by atoms with E-state index in [0.29, 0.717) is 30.6 Å². The van der Waals surface area contributed by atoms with E-state index >= 15 is 0 Å². The molecule has 1 saturated heterocycles. The first-order valence-electron chi connectivity index (χ1n) is 10.2. The fourth-order valence-electron chi connectivity index (χ4n) is 3.93. The molecule has 30 heavy (non-hydrogen) atoms. The van der Waals surface area contributed by atoms with Gasteiger partial charge in [-0.1, -0.05) is 12.1 Å². The lowest BCUT2D eigenvalue weighted by Crippen LogP contribution is -2.45. The SMILES string of the molecule is CC1(C)c2cnc(NC3CCOCC3)nc2CN1C(=O)NCc1ccc(C#N)cc1. The topological polar surface area (TPSA) is 103 Å². The van der Waals surface area contributed by atoms with E-state index in [0.717, 1.165) is 42.9 Å². The van der Waals surface area contributed by atoms with Gasteiger partial charge in [-0.3, -0.25) is 0 Å². The van der Waals surface area contributed by atoms with Crippen LogP contribution in [0.2, 0.25) is 0 Å². The molecule has 0 bridgehead atoms. The largest absolute Gasteiger partial charge is 0.381 e. The molecule has 8 heteroatoms. The summed E-state index contributed by atoms with van der Waals surface area (Å²) in [6, 6.07) is 9.46. The van der Waals surface area contributed by atoms with Crippen molar-refractivity contribution in [2.75, 3.05) is 18.5 Å². The zero-order chi connectivity index (χ0) is 21.1. The molecule has 3 heterocycles. The van der Waals surface area contributed by atoms with E-state index in [1.54, 1.807) is 17.0 Å². The first kappa shape index (κ1) is 20.1. The summed E-state index contributed by atoms with van der Waals surface area (Å²) in [7, 11) is 0. The van der Waals surface area contributed by atoms with Crippen LogP contribution in [0, 0.1) is 11.3 Å². The molecule has 4 rings (SSSR count). The van der Waals surface area contributed by atoms with Crippen LogP contribution in [0.1, 0.15) is 49.1 Å². The molecule has 0 aliphatic carbocycles. The second kappa shape index (κ2) is 8.28. The summed E-state index contributed by atoms with van der Waals surface area (Å²) in [5.41, 5.74) is 2.89. The number of fused-ring (bicyclic) bond motifs is 1. The number of hydrogen-bond donors (Lipinski definition) is 2. The number of ether oxygens (including phenoxy) is 1. The number of carbonyl (C=O) groups excluding carboxylic acids is 1. The Morgan fingerprint density at radius 3 is 2.73 bits per heavy atom. The van der Waals surface area contributed by atoms with Crippen molar-refractivity contribution < 1.29 is 9.53 Å². The maximum atomic E-state index is 12.9. The van der Waals surface area contributed by atoms with Crippen molar-refractivity contribution in [3.63, 3.8) is 0 Å². The first-order valence-corrected chi connectivity index (χ1v) is 10.2. The number of carbonyl (C=O) groups is 1. The van der Waals surface area contributed by atoms with Crippen molar-refractivity contribution >= 4 is 12.0 Å². The average molecular weight is 406 g/mol. The number of rotatable bonds is 4. The summed E-state index contributed by atoms with van der Waals surface area (Å²) in [4.78, 5) is 23.9. The van der Waals surface area contributed by atoms with Gasteiger partial charge < -0.3 is 20.3 Å². The maximum absolute atomic E-state index is 12.9. The van der Waals surface area contributed by atoms with Gasteiger partial charge in [0.15, 0.2) is 0 Å². The molecule has 1 fully saturated rings. The fourth-order valence-corrected chi connectivity index (χ4v) is 3.93. The Morgan fingerprint density at radius 1 is 1.30 bits per heavy atom. The number of amides is 2. The number of nitrogens with one attached hydrogen (secondary N) is 2. The zero-order valence-electron chi connectivity index (χ0n) is 17.3. The maximum Gasteiger partial charge on any atom is 0.318 e. The van der Waals surface area contributed by atoms with E-state index in [2.05, 4.69) is 21.7 Å². The second-order valence-electron chi connectivity index (χ2n) is 8.20. The van der Waals surface area contributed by atoms with Gasteiger partial charge in [-0.05, 0) is 44.4 Å². The molecule has 8 nitrogen and oxygen atoms in total. The number of urea groups is 1. The highest BCUT2D eigenvalue weighted by molar-refractivity contribution is 5.76. The Balaban J connectivity index is 1.42. The molecule has 0 atom stereocenters. The lowest BCUT2D eigenvalue weighted by molar-refractivity contribution is 0.0903. The highest BCUT2D eigenvalue weighted by atomic mass is 16.5. The molecule has 1 aromatic heterocycles. The summed E-state index contributed by atoms with van der Waals surface area (Å²) in [5, 5.41) is 15.3. The molecule has 0 saturated carbocycles. The minimum absolute atomic E-state index is 0.152. The van der Waals surface area contributed by atoms with Gasteiger partial charge in [0.25, 0.3) is 0 Å². The molecular formula is C22H26N6O2. The standard InChI is InChI=1S/C22H26N6O2/c1-22(2)18-13-24-20(26-17-7-9-30-10-8-17)27-19(18)14-28(22)21(29)25-12-16-5-3-15(11-23)4-6-16/h3-6,13,17H,7-10,12,14H2,1-2H3,(H,25,29)(H,24,26,27). The number of aromatic nitrogens is 2. The van der Waals surface area contributed by atoms with Crippen molar-refractivity contribution in [3.8, 4) is 6.07 Å². The van der Waals surface area contributed by atoms with E-state index in [-0.39, 0.29) is 6.03 Å². The number of nitriles is 1. The van der Waals surface area contributed by atoms with E-state index in [4.69, 9.17) is 15.0 Å². The van der Waals surface area contributed by atoms with E-state index in [9.17, 15) is 4.79 Å². The fraction of sp³-hybridized carbons (Fsp3) is 0.455. The number of benzene rings is 1. The van der Waals surface area contributed by atoms with Gasteiger partial charge in [-0.25, -0.2) is 14.8 Å². The van der Waals surface area contributed by atoms with Crippen molar-refractivity contribution in [3.05, 3.63) is 52.8 Å². The normalized spacial score (nSPS) is 17.8. The van der Waals surface area contributed by atoms with Crippen molar-refractivity contribution in [2.24, 2.45) is 0 Å². The van der Waals surface area contributed by atoms with Gasteiger partial charge in [-0.15, -0.1) is 0 Å². The molecule has 2 aliphatic heterocycles. The summed E-state index contributed by atoms with van der Waals surface area (Å²) < 4.78 is 5.40.